The zero-order valence-electron chi connectivity index (χ0n) is 51.6. The molecule has 9 heteroatoms. The summed E-state index contributed by atoms with van der Waals surface area (Å²) in [4.78, 5) is 37.4. The molecule has 0 aliphatic rings. The molecule has 0 saturated heterocycles. The van der Waals surface area contributed by atoms with Crippen molar-refractivity contribution in [3.8, 4) is 0 Å². The number of carbonyl (C=O) groups excluding carboxylic acids is 2. The second-order valence-electron chi connectivity index (χ2n) is 21.3. The van der Waals surface area contributed by atoms with Crippen molar-refractivity contribution < 1.29 is 42.9 Å². The molecule has 0 aliphatic heterocycles. The van der Waals surface area contributed by atoms with Gasteiger partial charge in [-0.15, -0.1) is 0 Å². The first-order valence-electron chi connectivity index (χ1n) is 31.3. The van der Waals surface area contributed by atoms with E-state index in [1.807, 2.05) is 21.1 Å². The SMILES string of the molecule is CC/C=C\C/C=C\C/C=C\C/C=C\C/C=C\C/C=C\C/C=C\C/C=C\C/C=C\C/C=C\C/C=C\C/C=C\CCCCCCC(=O)OC(COC(=O)CCCCCCC/C=C\C/C=C\CCCCC)COC(OCC[N+](C)(C)C)C(=O)O. The number of unbranched alkanes of at least 4 members (excludes halogenated alkanes) is 12. The summed E-state index contributed by atoms with van der Waals surface area (Å²) in [7, 11) is 5.94. The van der Waals surface area contributed by atoms with Gasteiger partial charge in [0.2, 0.25) is 0 Å². The van der Waals surface area contributed by atoms with Crippen molar-refractivity contribution in [1.82, 2.24) is 0 Å². The van der Waals surface area contributed by atoms with Gasteiger partial charge in [0, 0.05) is 12.8 Å². The van der Waals surface area contributed by atoms with E-state index in [4.69, 9.17) is 18.9 Å². The van der Waals surface area contributed by atoms with Gasteiger partial charge in [0.1, 0.15) is 13.2 Å². The topological polar surface area (TPSA) is 108 Å². The summed E-state index contributed by atoms with van der Waals surface area (Å²) >= 11 is 0. The number of hydrogen-bond acceptors (Lipinski definition) is 7. The van der Waals surface area contributed by atoms with E-state index in [0.717, 1.165) is 148 Å². The maximum absolute atomic E-state index is 12.9. The number of carboxylic acids is 1. The minimum absolute atomic E-state index is 0.171. The van der Waals surface area contributed by atoms with Gasteiger partial charge in [-0.05, 0) is 135 Å². The lowest BCUT2D eigenvalue weighted by Gasteiger charge is -2.25. The summed E-state index contributed by atoms with van der Waals surface area (Å²) in [5.41, 5.74) is 0. The van der Waals surface area contributed by atoms with Crippen LogP contribution in [0.25, 0.3) is 0 Å². The number of nitrogens with zero attached hydrogens (tertiary/aromatic N) is 1. The first kappa shape index (κ1) is 75.7. The molecule has 2 atom stereocenters. The summed E-state index contributed by atoms with van der Waals surface area (Å²) in [5.74, 6) is -2.08. The molecule has 0 spiro atoms. The van der Waals surface area contributed by atoms with Crippen molar-refractivity contribution in [2.24, 2.45) is 0 Å². The van der Waals surface area contributed by atoms with Gasteiger partial charge in [-0.3, -0.25) is 9.59 Å². The number of carboxylic acid groups (broad SMARTS) is 1. The smallest absolute Gasteiger partial charge is 0.361 e. The van der Waals surface area contributed by atoms with Crippen molar-refractivity contribution in [3.63, 3.8) is 0 Å². The highest BCUT2D eigenvalue weighted by Gasteiger charge is 2.25. The number of rotatable bonds is 55. The van der Waals surface area contributed by atoms with Crippen molar-refractivity contribution in [1.29, 1.82) is 0 Å². The lowest BCUT2D eigenvalue weighted by atomic mass is 10.1. The van der Waals surface area contributed by atoms with Gasteiger partial charge >= 0.3 is 17.9 Å². The van der Waals surface area contributed by atoms with Crippen LogP contribution in [0.3, 0.4) is 0 Å². The van der Waals surface area contributed by atoms with Crippen LogP contribution < -0.4 is 0 Å². The molecule has 0 aromatic heterocycles. The quantitative estimate of drug-likeness (QED) is 0.0211. The normalized spacial score (nSPS) is 13.9. The number of likely N-dealkylation sites (N-methyl/N-ethyl adjacent to an activating group) is 1. The second-order valence-corrected chi connectivity index (χ2v) is 21.3. The Labute approximate surface area is 495 Å². The van der Waals surface area contributed by atoms with E-state index >= 15 is 0 Å². The van der Waals surface area contributed by atoms with Crippen LogP contribution in [0, 0.1) is 0 Å². The largest absolute Gasteiger partial charge is 0.477 e. The lowest BCUT2D eigenvalue weighted by molar-refractivity contribution is -0.870. The van der Waals surface area contributed by atoms with Crippen LogP contribution >= 0.6 is 0 Å². The van der Waals surface area contributed by atoms with E-state index < -0.39 is 24.3 Å². The van der Waals surface area contributed by atoms with Crippen LogP contribution in [0.2, 0.25) is 0 Å². The van der Waals surface area contributed by atoms with E-state index in [9.17, 15) is 19.5 Å². The van der Waals surface area contributed by atoms with Crippen molar-refractivity contribution >= 4 is 17.9 Å². The molecule has 0 radical (unpaired) electrons. The summed E-state index contributed by atoms with van der Waals surface area (Å²) in [6.45, 7) is 4.65. The number of allylic oxidation sites excluding steroid dienone is 28. The molecule has 0 aromatic carbocycles. The van der Waals surface area contributed by atoms with Crippen LogP contribution in [-0.4, -0.2) is 87.4 Å². The first-order valence-corrected chi connectivity index (χ1v) is 31.3. The van der Waals surface area contributed by atoms with Crippen LogP contribution in [0.1, 0.15) is 206 Å². The Kier molecular flexibility index (Phi) is 56.7. The Bertz CT molecular complexity index is 1930. The third-order valence-corrected chi connectivity index (χ3v) is 12.5. The van der Waals surface area contributed by atoms with Crippen LogP contribution in [0.4, 0.5) is 0 Å². The average molecular weight is 1120 g/mol. The Morgan fingerprint density at radius 2 is 0.704 bits per heavy atom. The van der Waals surface area contributed by atoms with Crippen LogP contribution in [0.5, 0.6) is 0 Å². The Morgan fingerprint density at radius 1 is 0.383 bits per heavy atom. The molecule has 0 aliphatic carbocycles. The van der Waals surface area contributed by atoms with E-state index in [-0.39, 0.29) is 38.6 Å². The van der Waals surface area contributed by atoms with Gasteiger partial charge in [-0.25, -0.2) is 4.79 Å². The predicted octanol–water partition coefficient (Wildman–Crippen LogP) is 19.1. The highest BCUT2D eigenvalue weighted by Crippen LogP contribution is 2.13. The van der Waals surface area contributed by atoms with Gasteiger partial charge in [-0.1, -0.05) is 229 Å². The standard InChI is InChI=1S/C72H113NO8/c1-6-8-10-12-14-16-18-20-22-23-24-25-26-27-28-29-30-31-32-33-34-35-36-37-38-39-40-41-42-43-44-45-46-47-49-51-53-55-57-59-61-63-70(75)81-68(67-80-72(71(76)77)78-65-64-73(3,4)5)66-79-69(74)62-60-58-56-54-52-50-48-21-19-17-15-13-11-9-7-2/h8,10,14-17,20-22,24-25,27-28,30-31,33-34,36-37,39-40,42-43,45-46,48-49,51,68,72H,6-7,9,11-13,18-19,23,26,29,32,35,38,41,44,47,50,52-67H2,1-5H3/p+1/b10-8-,16-14-,17-15-,22-20-,25-24-,28-27-,31-30-,34-33-,37-36-,40-39-,43-42-,46-45-,48-21-,51-49-. The number of aliphatic carboxylic acids is 1. The molecule has 0 fully saturated rings. The van der Waals surface area contributed by atoms with Crippen molar-refractivity contribution in [3.05, 3.63) is 170 Å². The number of carbonyl (C=O) groups is 3. The van der Waals surface area contributed by atoms with Crippen LogP contribution in [-0.2, 0) is 33.3 Å². The molecule has 0 rings (SSSR count). The van der Waals surface area contributed by atoms with Crippen LogP contribution in [0.15, 0.2) is 170 Å². The maximum atomic E-state index is 12.9. The molecule has 0 bridgehead atoms. The minimum atomic E-state index is -1.53. The molecule has 0 aromatic rings. The molecular formula is C72H114NO8+. The first-order chi connectivity index (χ1) is 39.6. The second kappa shape index (κ2) is 60.7. The van der Waals surface area contributed by atoms with Gasteiger partial charge < -0.3 is 28.5 Å². The highest BCUT2D eigenvalue weighted by molar-refractivity contribution is 5.71. The number of quaternary nitrogens is 1. The molecular weight excluding hydrogens is 1010 g/mol. The van der Waals surface area contributed by atoms with Gasteiger partial charge in [-0.2, -0.15) is 0 Å². The molecule has 0 amide bonds. The fourth-order valence-corrected chi connectivity index (χ4v) is 7.67. The van der Waals surface area contributed by atoms with Gasteiger partial charge in [0.05, 0.1) is 34.4 Å². The third kappa shape index (κ3) is 62.1. The summed E-state index contributed by atoms with van der Waals surface area (Å²) in [6.07, 6.45) is 88.8. The summed E-state index contributed by atoms with van der Waals surface area (Å²) in [6, 6.07) is 0. The summed E-state index contributed by atoms with van der Waals surface area (Å²) < 4.78 is 22.8. The highest BCUT2D eigenvalue weighted by atomic mass is 16.7. The fraction of sp³-hybridized carbons (Fsp3) is 0.569. The van der Waals surface area contributed by atoms with E-state index in [0.29, 0.717) is 17.4 Å². The van der Waals surface area contributed by atoms with Gasteiger partial charge in [0.25, 0.3) is 6.29 Å². The maximum Gasteiger partial charge on any atom is 0.361 e. The number of esters is 2. The molecule has 2 unspecified atom stereocenters. The van der Waals surface area contributed by atoms with Crippen molar-refractivity contribution in [2.75, 3.05) is 47.5 Å². The average Bonchev–Trinajstić information content (AvgIpc) is 3.44. The number of ether oxygens (including phenoxy) is 4. The van der Waals surface area contributed by atoms with E-state index in [1.165, 1.54) is 25.7 Å². The zero-order valence-corrected chi connectivity index (χ0v) is 51.6. The van der Waals surface area contributed by atoms with E-state index in [1.54, 1.807) is 0 Å². The van der Waals surface area contributed by atoms with Crippen molar-refractivity contribution in [2.45, 2.75) is 219 Å². The molecule has 0 saturated carbocycles. The van der Waals surface area contributed by atoms with E-state index in [2.05, 4.69) is 184 Å². The lowest BCUT2D eigenvalue weighted by Crippen LogP contribution is -2.40. The summed E-state index contributed by atoms with van der Waals surface area (Å²) in [5, 5.41) is 9.70. The Hall–Kier alpha value is -5.35. The zero-order chi connectivity index (χ0) is 59.1. The number of hydrogen-bond donors (Lipinski definition) is 1. The monoisotopic (exact) mass is 1120 g/mol. The minimum Gasteiger partial charge on any atom is -0.477 e. The third-order valence-electron chi connectivity index (χ3n) is 12.5. The molecule has 1 N–H and O–H groups in total. The van der Waals surface area contributed by atoms with Gasteiger partial charge in [0.15, 0.2) is 6.10 Å². The fourth-order valence-electron chi connectivity index (χ4n) is 7.67. The molecule has 454 valence electrons. The molecule has 9 nitrogen and oxygen atoms in total. The Morgan fingerprint density at radius 3 is 1.05 bits per heavy atom. The molecule has 81 heavy (non-hydrogen) atoms. The Balaban J connectivity index is 4.26. The predicted molar refractivity (Wildman–Crippen MR) is 345 cm³/mol. The molecule has 0 heterocycles.